The Morgan fingerprint density at radius 2 is 1.11 bits per heavy atom. The summed E-state index contributed by atoms with van der Waals surface area (Å²) in [7, 11) is 0. The Morgan fingerprint density at radius 1 is 0.833 bits per heavy atom. The Morgan fingerprint density at radius 3 is 1.28 bits per heavy atom. The first kappa shape index (κ1) is 24.2. The van der Waals surface area contributed by atoms with E-state index in [1.54, 1.807) is 27.7 Å². The van der Waals surface area contributed by atoms with Gasteiger partial charge in [0.15, 0.2) is 0 Å². The first-order valence-corrected chi connectivity index (χ1v) is 5.57. The second-order valence-electron chi connectivity index (χ2n) is 3.57. The Bertz CT molecular complexity index is 289. The fourth-order valence-corrected chi connectivity index (χ4v) is 1.13. The molecule has 0 fully saturated rings. The zero-order valence-corrected chi connectivity index (χ0v) is 17.2. The van der Waals surface area contributed by atoms with Crippen molar-refractivity contribution in [3.8, 4) is 0 Å². The van der Waals surface area contributed by atoms with Crippen molar-refractivity contribution in [2.45, 2.75) is 39.9 Å². The Hall–Kier alpha value is 1.12. The Balaban J connectivity index is -0.00000112. The van der Waals surface area contributed by atoms with Crippen LogP contribution in [-0.2, 0) is 44.3 Å². The summed E-state index contributed by atoms with van der Waals surface area (Å²) in [6.07, 6.45) is -0.697. The molecule has 0 amide bonds. The predicted molar refractivity (Wildman–Crippen MR) is 64.2 cm³/mol. The normalized spacial score (nSPS) is 9.00. The zero-order valence-electron chi connectivity index (χ0n) is 11.6. The van der Waals surface area contributed by atoms with Gasteiger partial charge in [0.1, 0.15) is 0 Å². The average molecular weight is 308 g/mol. The second-order valence-corrected chi connectivity index (χ2v) is 4.65. The van der Waals surface area contributed by atoms with Crippen molar-refractivity contribution in [3.63, 3.8) is 0 Å². The van der Waals surface area contributed by atoms with E-state index in [9.17, 15) is 9.59 Å². The van der Waals surface area contributed by atoms with E-state index in [0.717, 1.165) is 0 Å². The Labute approximate surface area is 163 Å². The molecule has 0 saturated carbocycles. The van der Waals surface area contributed by atoms with Crippen LogP contribution < -0.4 is 59.1 Å². The molecule has 0 atom stereocenters. The molecule has 92 valence electrons. The monoisotopic (exact) mass is 308 g/mol. The van der Waals surface area contributed by atoms with Gasteiger partial charge in [-0.2, -0.15) is 0 Å². The van der Waals surface area contributed by atoms with E-state index < -0.39 is 11.9 Å². The van der Waals surface area contributed by atoms with E-state index in [4.69, 9.17) is 9.47 Å². The molecule has 0 aromatic carbocycles. The van der Waals surface area contributed by atoms with Crippen LogP contribution in [0, 0.1) is 0 Å². The topological polar surface area (TPSA) is 52.6 Å². The SMILES string of the molecule is CC(C)OC(=O)C(C(=O)OC(C)C)=C([S-])[S-].[Na+].[Na+]. The van der Waals surface area contributed by atoms with E-state index >= 15 is 0 Å². The number of esters is 2. The molecule has 0 aliphatic heterocycles. The fourth-order valence-electron chi connectivity index (χ4n) is 0.796. The number of carbonyl (C=O) groups is 2. The number of ether oxygens (including phenoxy) is 2. The van der Waals surface area contributed by atoms with E-state index in [0.29, 0.717) is 0 Å². The summed E-state index contributed by atoms with van der Waals surface area (Å²) in [5, 5.41) is 0. The second kappa shape index (κ2) is 11.9. The van der Waals surface area contributed by atoms with Crippen LogP contribution in [0.5, 0.6) is 0 Å². The molecule has 0 rings (SSSR count). The third-order valence-electron chi connectivity index (χ3n) is 1.30. The van der Waals surface area contributed by atoms with Gasteiger partial charge in [-0.3, -0.25) is 0 Å². The minimum Gasteiger partial charge on any atom is -0.806 e. The van der Waals surface area contributed by atoms with Crippen LogP contribution in [0.1, 0.15) is 27.7 Å². The first-order valence-electron chi connectivity index (χ1n) is 4.76. The van der Waals surface area contributed by atoms with Gasteiger partial charge >= 0.3 is 71.1 Å². The number of hydrogen-bond donors (Lipinski definition) is 0. The van der Waals surface area contributed by atoms with Crippen molar-refractivity contribution in [1.82, 2.24) is 0 Å². The van der Waals surface area contributed by atoms with E-state index in [1.165, 1.54) is 0 Å². The van der Waals surface area contributed by atoms with E-state index in [2.05, 4.69) is 25.3 Å². The van der Waals surface area contributed by atoms with Crippen molar-refractivity contribution in [2.24, 2.45) is 0 Å². The molecule has 4 nitrogen and oxygen atoms in total. The van der Waals surface area contributed by atoms with Crippen LogP contribution in [0.4, 0.5) is 0 Å². The molecule has 0 N–H and O–H groups in total. The number of rotatable bonds is 4. The smallest absolute Gasteiger partial charge is 0.806 e. The molecular weight excluding hydrogens is 294 g/mol. The summed E-state index contributed by atoms with van der Waals surface area (Å²) < 4.78 is 9.45. The maximum atomic E-state index is 11.5. The largest absolute Gasteiger partial charge is 1.00 e. The van der Waals surface area contributed by atoms with Crippen LogP contribution in [0.3, 0.4) is 0 Å². The van der Waals surface area contributed by atoms with E-state index in [1.807, 2.05) is 0 Å². The summed E-state index contributed by atoms with van der Waals surface area (Å²) in [4.78, 5) is 23.0. The molecule has 0 unspecified atom stereocenters. The standard InChI is InChI=1S/C10H16O4S2.2Na/c1-5(2)13-8(11)7(10(15)16)9(12)14-6(3)4;;/h5-6,15-16H,1-4H3;;/q;2*+1/p-2. The molecule has 0 bridgehead atoms. The van der Waals surface area contributed by atoms with Crippen LogP contribution in [-0.4, -0.2) is 24.1 Å². The molecule has 0 spiro atoms. The van der Waals surface area contributed by atoms with Crippen molar-refractivity contribution in [1.29, 1.82) is 0 Å². The molecule has 18 heavy (non-hydrogen) atoms. The predicted octanol–water partition coefficient (Wildman–Crippen LogP) is -4.80. The van der Waals surface area contributed by atoms with Gasteiger partial charge in [0.2, 0.25) is 0 Å². The average Bonchev–Trinajstić information content (AvgIpc) is 1.98. The molecule has 0 aromatic heterocycles. The van der Waals surface area contributed by atoms with Gasteiger partial charge < -0.3 is 39.0 Å². The maximum absolute atomic E-state index is 11.5. The number of hydrogen-bond acceptors (Lipinski definition) is 6. The molecular formula is C10H14Na2O4S2. The molecule has 0 radical (unpaired) electrons. The quantitative estimate of drug-likeness (QED) is 0.130. The van der Waals surface area contributed by atoms with Gasteiger partial charge in [0.05, 0.1) is 17.8 Å². The summed E-state index contributed by atoms with van der Waals surface area (Å²) in [5.74, 6) is -1.67. The van der Waals surface area contributed by atoms with Crippen molar-refractivity contribution in [3.05, 3.63) is 9.81 Å². The molecule has 0 heterocycles. The first-order chi connectivity index (χ1) is 7.25. The van der Waals surface area contributed by atoms with Gasteiger partial charge in [-0.25, -0.2) is 9.59 Å². The van der Waals surface area contributed by atoms with Gasteiger partial charge in [0, 0.05) is 0 Å². The van der Waals surface area contributed by atoms with Crippen LogP contribution >= 0.6 is 0 Å². The molecule has 0 aliphatic rings. The Kier molecular flexibility index (Phi) is 16.0. The molecule has 0 aliphatic carbocycles. The molecule has 8 heteroatoms. The zero-order chi connectivity index (χ0) is 12.9. The van der Waals surface area contributed by atoms with Crippen LogP contribution in [0.15, 0.2) is 9.81 Å². The van der Waals surface area contributed by atoms with Crippen molar-refractivity contribution < 1.29 is 78.2 Å². The summed E-state index contributed by atoms with van der Waals surface area (Å²) in [6, 6.07) is 0. The van der Waals surface area contributed by atoms with Crippen molar-refractivity contribution in [2.75, 3.05) is 0 Å². The summed E-state index contributed by atoms with van der Waals surface area (Å²) in [5.41, 5.74) is -0.382. The van der Waals surface area contributed by atoms with Crippen LogP contribution in [0.2, 0.25) is 0 Å². The fraction of sp³-hybridized carbons (Fsp3) is 0.600. The van der Waals surface area contributed by atoms with Gasteiger partial charge in [-0.05, 0) is 27.7 Å². The van der Waals surface area contributed by atoms with Crippen molar-refractivity contribution >= 4 is 37.2 Å². The minimum atomic E-state index is -0.833. The van der Waals surface area contributed by atoms with Gasteiger partial charge in [-0.15, -0.1) is 0 Å². The van der Waals surface area contributed by atoms with Crippen LogP contribution in [0.25, 0.3) is 0 Å². The molecule has 0 saturated heterocycles. The number of carbonyl (C=O) groups excluding carboxylic acids is 2. The van der Waals surface area contributed by atoms with Gasteiger partial charge in [0.25, 0.3) is 0 Å². The third-order valence-corrected chi connectivity index (χ3v) is 1.71. The van der Waals surface area contributed by atoms with E-state index in [-0.39, 0.29) is 81.1 Å². The summed E-state index contributed by atoms with van der Waals surface area (Å²) in [6.45, 7) is 6.65. The minimum absolute atomic E-state index is 0. The molecule has 0 aromatic rings. The third kappa shape index (κ3) is 9.97. The van der Waals surface area contributed by atoms with Gasteiger partial charge in [-0.1, -0.05) is 0 Å². The summed E-state index contributed by atoms with van der Waals surface area (Å²) >= 11 is 9.30. The maximum Gasteiger partial charge on any atom is 1.00 e.